The topological polar surface area (TPSA) is 54.2 Å². The second-order valence-corrected chi connectivity index (χ2v) is 5.87. The molecule has 2 rings (SSSR count). The summed E-state index contributed by atoms with van der Waals surface area (Å²) in [6, 6.07) is 1.05. The van der Waals surface area contributed by atoms with Crippen molar-refractivity contribution >= 4 is 0 Å². The van der Waals surface area contributed by atoms with Crippen molar-refractivity contribution in [1.82, 2.24) is 20.4 Å². The van der Waals surface area contributed by atoms with Crippen molar-refractivity contribution in [2.75, 3.05) is 13.1 Å². The molecule has 5 heteroatoms. The fourth-order valence-electron chi connectivity index (χ4n) is 2.56. The van der Waals surface area contributed by atoms with Crippen molar-refractivity contribution in [1.29, 1.82) is 0 Å². The maximum absolute atomic E-state index is 5.27. The van der Waals surface area contributed by atoms with E-state index in [1.165, 1.54) is 0 Å². The van der Waals surface area contributed by atoms with Gasteiger partial charge in [-0.15, -0.1) is 0 Å². The predicted octanol–water partition coefficient (Wildman–Crippen LogP) is 1.45. The van der Waals surface area contributed by atoms with Crippen molar-refractivity contribution in [3.63, 3.8) is 0 Å². The van der Waals surface area contributed by atoms with Crippen LogP contribution < -0.4 is 5.32 Å². The molecule has 1 saturated heterocycles. The molecule has 0 saturated carbocycles. The van der Waals surface area contributed by atoms with E-state index in [0.29, 0.717) is 18.0 Å². The van der Waals surface area contributed by atoms with Crippen molar-refractivity contribution in [3.8, 4) is 0 Å². The van der Waals surface area contributed by atoms with E-state index in [0.717, 1.165) is 37.8 Å². The third-order valence-corrected chi connectivity index (χ3v) is 3.09. The summed E-state index contributed by atoms with van der Waals surface area (Å²) in [7, 11) is 0. The van der Waals surface area contributed by atoms with Gasteiger partial charge in [0.2, 0.25) is 5.89 Å². The highest BCUT2D eigenvalue weighted by Crippen LogP contribution is 2.10. The zero-order chi connectivity index (χ0) is 13.1. The lowest BCUT2D eigenvalue weighted by molar-refractivity contribution is 0.161. The van der Waals surface area contributed by atoms with Gasteiger partial charge in [0.25, 0.3) is 0 Å². The predicted molar refractivity (Wildman–Crippen MR) is 70.2 cm³/mol. The Morgan fingerprint density at radius 1 is 1.33 bits per heavy atom. The van der Waals surface area contributed by atoms with Gasteiger partial charge in [0.15, 0.2) is 5.82 Å². The molecule has 0 bridgehead atoms. The van der Waals surface area contributed by atoms with Gasteiger partial charge in [-0.25, -0.2) is 0 Å². The second kappa shape index (κ2) is 5.80. The number of aromatic nitrogens is 2. The Kier molecular flexibility index (Phi) is 4.35. The van der Waals surface area contributed by atoms with Gasteiger partial charge in [-0.05, 0) is 19.8 Å². The van der Waals surface area contributed by atoms with Crippen LogP contribution in [0.4, 0.5) is 0 Å². The maximum Gasteiger partial charge on any atom is 0.226 e. The van der Waals surface area contributed by atoms with Crippen LogP contribution in [0, 0.1) is 5.92 Å². The van der Waals surface area contributed by atoms with Gasteiger partial charge >= 0.3 is 0 Å². The Labute approximate surface area is 109 Å². The molecule has 1 fully saturated rings. The quantitative estimate of drug-likeness (QED) is 0.879. The van der Waals surface area contributed by atoms with Crippen molar-refractivity contribution < 1.29 is 4.52 Å². The molecule has 102 valence electrons. The number of nitrogens with one attached hydrogen (secondary N) is 1. The van der Waals surface area contributed by atoms with Crippen molar-refractivity contribution in [3.05, 3.63) is 11.7 Å². The molecule has 1 aromatic rings. The smallest absolute Gasteiger partial charge is 0.226 e. The highest BCUT2D eigenvalue weighted by atomic mass is 16.5. The Bertz CT molecular complexity index is 367. The lowest BCUT2D eigenvalue weighted by Gasteiger charge is -2.35. The van der Waals surface area contributed by atoms with Gasteiger partial charge in [-0.1, -0.05) is 19.0 Å². The van der Waals surface area contributed by atoms with Gasteiger partial charge in [-0.2, -0.15) is 4.98 Å². The molecular weight excluding hydrogens is 228 g/mol. The van der Waals surface area contributed by atoms with Gasteiger partial charge in [0, 0.05) is 31.6 Å². The van der Waals surface area contributed by atoms with E-state index in [4.69, 9.17) is 4.52 Å². The summed E-state index contributed by atoms with van der Waals surface area (Å²) in [4.78, 5) is 6.84. The fraction of sp³-hybridized carbons (Fsp3) is 0.846. The SMILES string of the molecule is CC(C)Cc1nc(CN2CC(C)NC(C)C2)no1. The van der Waals surface area contributed by atoms with Crippen molar-refractivity contribution in [2.45, 2.75) is 52.7 Å². The molecule has 0 amide bonds. The summed E-state index contributed by atoms with van der Waals surface area (Å²) in [5.74, 6) is 2.13. The van der Waals surface area contributed by atoms with Crippen LogP contribution in [-0.2, 0) is 13.0 Å². The maximum atomic E-state index is 5.27. The van der Waals surface area contributed by atoms with Gasteiger partial charge in [-0.3, -0.25) is 4.90 Å². The molecule has 0 radical (unpaired) electrons. The van der Waals surface area contributed by atoms with E-state index in [1.54, 1.807) is 0 Å². The first-order valence-electron chi connectivity index (χ1n) is 6.82. The number of hydrogen-bond acceptors (Lipinski definition) is 5. The Balaban J connectivity index is 1.90. The zero-order valence-electron chi connectivity index (χ0n) is 11.8. The third-order valence-electron chi connectivity index (χ3n) is 3.09. The summed E-state index contributed by atoms with van der Waals surface area (Å²) in [5.41, 5.74) is 0. The molecule has 2 atom stereocenters. The fourth-order valence-corrected chi connectivity index (χ4v) is 2.56. The molecule has 2 heterocycles. The minimum absolute atomic E-state index is 0.524. The number of rotatable bonds is 4. The average molecular weight is 252 g/mol. The average Bonchev–Trinajstić information content (AvgIpc) is 2.62. The molecule has 0 aliphatic carbocycles. The van der Waals surface area contributed by atoms with Crippen LogP contribution in [0.2, 0.25) is 0 Å². The van der Waals surface area contributed by atoms with Crippen molar-refractivity contribution in [2.24, 2.45) is 5.92 Å². The molecule has 1 N–H and O–H groups in total. The van der Waals surface area contributed by atoms with E-state index >= 15 is 0 Å². The van der Waals surface area contributed by atoms with E-state index in [9.17, 15) is 0 Å². The van der Waals surface area contributed by atoms with E-state index < -0.39 is 0 Å². The minimum Gasteiger partial charge on any atom is -0.339 e. The molecular formula is C13H24N4O. The van der Waals surface area contributed by atoms with E-state index in [1.807, 2.05) is 0 Å². The highest BCUT2D eigenvalue weighted by molar-refractivity contribution is 4.90. The number of nitrogens with zero attached hydrogens (tertiary/aromatic N) is 3. The first-order valence-corrected chi connectivity index (χ1v) is 6.82. The van der Waals surface area contributed by atoms with Crippen LogP contribution in [0.25, 0.3) is 0 Å². The number of piperazine rings is 1. The third kappa shape index (κ3) is 3.78. The zero-order valence-corrected chi connectivity index (χ0v) is 11.8. The van der Waals surface area contributed by atoms with Gasteiger partial charge in [0.1, 0.15) is 0 Å². The Morgan fingerprint density at radius 2 is 2.00 bits per heavy atom. The van der Waals surface area contributed by atoms with E-state index in [-0.39, 0.29) is 0 Å². The van der Waals surface area contributed by atoms with Gasteiger partial charge < -0.3 is 9.84 Å². The second-order valence-electron chi connectivity index (χ2n) is 5.87. The molecule has 1 aliphatic heterocycles. The number of hydrogen-bond donors (Lipinski definition) is 1. The Hall–Kier alpha value is -0.940. The molecule has 0 spiro atoms. The molecule has 1 aliphatic rings. The van der Waals surface area contributed by atoms with Gasteiger partial charge in [0.05, 0.1) is 6.54 Å². The minimum atomic E-state index is 0.524. The molecule has 5 nitrogen and oxygen atoms in total. The first-order chi connectivity index (χ1) is 8.52. The normalized spacial score (nSPS) is 25.8. The molecule has 2 unspecified atom stereocenters. The Morgan fingerprint density at radius 3 is 2.61 bits per heavy atom. The monoisotopic (exact) mass is 252 g/mol. The van der Waals surface area contributed by atoms with Crippen LogP contribution in [0.1, 0.15) is 39.4 Å². The highest BCUT2D eigenvalue weighted by Gasteiger charge is 2.22. The van der Waals surface area contributed by atoms with Crippen LogP contribution in [0.3, 0.4) is 0 Å². The largest absolute Gasteiger partial charge is 0.339 e. The summed E-state index contributed by atoms with van der Waals surface area (Å²) in [6.07, 6.45) is 0.862. The summed E-state index contributed by atoms with van der Waals surface area (Å²) < 4.78 is 5.27. The molecule has 1 aromatic heterocycles. The van der Waals surface area contributed by atoms with Crippen LogP contribution in [-0.4, -0.2) is 40.2 Å². The van der Waals surface area contributed by atoms with E-state index in [2.05, 4.69) is 48.1 Å². The lowest BCUT2D eigenvalue weighted by Crippen LogP contribution is -2.53. The first kappa shape index (κ1) is 13.5. The summed E-state index contributed by atoms with van der Waals surface area (Å²) in [5, 5.41) is 7.59. The standard InChI is InChI=1S/C13H24N4O/c1-9(2)5-13-15-12(16-18-13)8-17-6-10(3)14-11(4)7-17/h9-11,14H,5-8H2,1-4H3. The van der Waals surface area contributed by atoms with Crippen LogP contribution >= 0.6 is 0 Å². The summed E-state index contributed by atoms with van der Waals surface area (Å²) >= 11 is 0. The molecule has 18 heavy (non-hydrogen) atoms. The lowest BCUT2D eigenvalue weighted by atomic mass is 10.1. The summed E-state index contributed by atoms with van der Waals surface area (Å²) in [6.45, 7) is 11.6. The van der Waals surface area contributed by atoms with Crippen LogP contribution in [0.5, 0.6) is 0 Å². The molecule has 0 aromatic carbocycles. The van der Waals surface area contributed by atoms with Crippen LogP contribution in [0.15, 0.2) is 4.52 Å².